The maximum absolute atomic E-state index is 10.4. The first-order valence-corrected chi connectivity index (χ1v) is 4.36. The van der Waals surface area contributed by atoms with Gasteiger partial charge in [-0.05, 0) is 12.1 Å². The minimum Gasteiger partial charge on any atom is -0.396 e. The number of nitriles is 1. The number of aldehydes is 1. The number of nitrogens with two attached hydrogens (primary N) is 1. The van der Waals surface area contributed by atoms with Crippen LogP contribution in [0.1, 0.15) is 16.2 Å². The molecule has 0 radical (unpaired) electrons. The van der Waals surface area contributed by atoms with E-state index in [0.717, 1.165) is 0 Å². The lowest BCUT2D eigenvalue weighted by Crippen LogP contribution is -2.00. The number of alkyl halides is 1. The highest BCUT2D eigenvalue weighted by Crippen LogP contribution is 2.20. The Labute approximate surface area is 83.5 Å². The van der Waals surface area contributed by atoms with Gasteiger partial charge >= 0.3 is 0 Å². The van der Waals surface area contributed by atoms with Crippen molar-refractivity contribution < 1.29 is 4.79 Å². The predicted molar refractivity (Wildman–Crippen MR) is 51.1 cm³/mol. The van der Waals surface area contributed by atoms with Crippen LogP contribution in [0, 0.1) is 11.3 Å². The minimum absolute atomic E-state index is 0.142. The molecule has 0 aliphatic carbocycles. The maximum Gasteiger partial charge on any atom is 0.163 e. The van der Waals surface area contributed by atoms with E-state index in [2.05, 4.69) is 20.9 Å². The van der Waals surface area contributed by atoms with Crippen molar-refractivity contribution in [3.63, 3.8) is 0 Å². The predicted octanol–water partition coefficient (Wildman–Crippen LogP) is 1.17. The number of rotatable bonds is 2. The third-order valence-corrected chi connectivity index (χ3v) is 2.14. The van der Waals surface area contributed by atoms with E-state index in [-0.39, 0.29) is 5.69 Å². The summed E-state index contributed by atoms with van der Waals surface area (Å²) in [7, 11) is 0. The molecule has 0 aliphatic heterocycles. The number of nitrogens with zero attached hydrogens (tertiary/aromatic N) is 2. The van der Waals surface area contributed by atoms with Gasteiger partial charge in [-0.15, -0.1) is 0 Å². The molecule has 0 saturated heterocycles. The van der Waals surface area contributed by atoms with Gasteiger partial charge in [0.1, 0.15) is 17.2 Å². The first-order valence-electron chi connectivity index (χ1n) is 3.45. The highest BCUT2D eigenvalue weighted by molar-refractivity contribution is 9.09. The molecule has 0 amide bonds. The molecule has 0 saturated carbocycles. The SMILES string of the molecule is N#Cc1nc(C(Br)C=O)ccc1N. The van der Waals surface area contributed by atoms with Crippen LogP contribution in [0.3, 0.4) is 0 Å². The van der Waals surface area contributed by atoms with Crippen LogP contribution in [0.4, 0.5) is 5.69 Å². The molecule has 1 aromatic heterocycles. The summed E-state index contributed by atoms with van der Waals surface area (Å²) in [5.74, 6) is 0. The molecule has 2 N–H and O–H groups in total. The van der Waals surface area contributed by atoms with Gasteiger partial charge in [-0.1, -0.05) is 15.9 Å². The molecule has 66 valence electrons. The van der Waals surface area contributed by atoms with Crippen molar-refractivity contribution in [3.8, 4) is 6.07 Å². The standard InChI is InChI=1S/C8H6BrN3O/c9-5(4-13)7-2-1-6(11)8(3-10)12-7/h1-2,4-5H,11H2. The van der Waals surface area contributed by atoms with E-state index in [4.69, 9.17) is 11.0 Å². The van der Waals surface area contributed by atoms with Crippen molar-refractivity contribution in [3.05, 3.63) is 23.5 Å². The molecule has 0 spiro atoms. The molecule has 1 atom stereocenters. The largest absolute Gasteiger partial charge is 0.396 e. The number of anilines is 1. The van der Waals surface area contributed by atoms with E-state index >= 15 is 0 Å². The van der Waals surface area contributed by atoms with E-state index in [1.807, 2.05) is 6.07 Å². The van der Waals surface area contributed by atoms with Gasteiger partial charge in [0.2, 0.25) is 0 Å². The third-order valence-electron chi connectivity index (χ3n) is 1.46. The van der Waals surface area contributed by atoms with Gasteiger partial charge in [0.15, 0.2) is 5.69 Å². The zero-order chi connectivity index (χ0) is 9.84. The number of carbonyl (C=O) groups excluding carboxylic acids is 1. The van der Waals surface area contributed by atoms with Gasteiger partial charge in [0.25, 0.3) is 0 Å². The summed E-state index contributed by atoms with van der Waals surface area (Å²) in [5.41, 5.74) is 6.40. The van der Waals surface area contributed by atoms with Crippen molar-refractivity contribution in [2.75, 3.05) is 5.73 Å². The van der Waals surface area contributed by atoms with Crippen LogP contribution < -0.4 is 5.73 Å². The van der Waals surface area contributed by atoms with E-state index in [9.17, 15) is 4.79 Å². The van der Waals surface area contributed by atoms with Gasteiger partial charge in [-0.3, -0.25) is 0 Å². The average Bonchev–Trinajstić information content (AvgIpc) is 2.17. The molecule has 13 heavy (non-hydrogen) atoms. The second-order valence-electron chi connectivity index (χ2n) is 2.32. The number of aromatic nitrogens is 1. The summed E-state index contributed by atoms with van der Waals surface area (Å²) in [6.45, 7) is 0. The molecule has 1 rings (SSSR count). The molecule has 0 aliphatic rings. The van der Waals surface area contributed by atoms with E-state index in [1.54, 1.807) is 12.1 Å². The van der Waals surface area contributed by atoms with Crippen LogP contribution in [0.25, 0.3) is 0 Å². The van der Waals surface area contributed by atoms with Crippen molar-refractivity contribution in [1.82, 2.24) is 4.98 Å². The summed E-state index contributed by atoms with van der Waals surface area (Å²) >= 11 is 3.09. The fourth-order valence-corrected chi connectivity index (χ4v) is 1.05. The van der Waals surface area contributed by atoms with Crippen molar-refractivity contribution in [1.29, 1.82) is 5.26 Å². The number of halogens is 1. The van der Waals surface area contributed by atoms with Crippen LogP contribution >= 0.6 is 15.9 Å². The van der Waals surface area contributed by atoms with E-state index < -0.39 is 4.83 Å². The second kappa shape index (κ2) is 4.01. The van der Waals surface area contributed by atoms with Crippen LogP contribution in [-0.4, -0.2) is 11.3 Å². The van der Waals surface area contributed by atoms with E-state index in [1.165, 1.54) is 0 Å². The smallest absolute Gasteiger partial charge is 0.163 e. The first-order chi connectivity index (χ1) is 6.19. The topological polar surface area (TPSA) is 79.8 Å². The Balaban J connectivity index is 3.15. The molecule has 0 bridgehead atoms. The lowest BCUT2D eigenvalue weighted by molar-refractivity contribution is -0.107. The van der Waals surface area contributed by atoms with Crippen LogP contribution in [0.5, 0.6) is 0 Å². The van der Waals surface area contributed by atoms with Crippen LogP contribution in [0.15, 0.2) is 12.1 Å². The van der Waals surface area contributed by atoms with Gasteiger partial charge in [0.05, 0.1) is 11.4 Å². The number of hydrogen-bond donors (Lipinski definition) is 1. The highest BCUT2D eigenvalue weighted by atomic mass is 79.9. The quantitative estimate of drug-likeness (QED) is 0.621. The van der Waals surface area contributed by atoms with Gasteiger partial charge in [-0.25, -0.2) is 4.98 Å². The molecule has 5 heteroatoms. The lowest BCUT2D eigenvalue weighted by Gasteiger charge is -2.02. The summed E-state index contributed by atoms with van der Waals surface area (Å²) in [5, 5.41) is 8.60. The molecule has 0 aromatic carbocycles. The number of nitrogen functional groups attached to an aromatic ring is 1. The normalized spacial score (nSPS) is 11.7. The Morgan fingerprint density at radius 3 is 2.92 bits per heavy atom. The molecule has 1 heterocycles. The third kappa shape index (κ3) is 2.04. The Bertz CT molecular complexity index is 372. The molecule has 4 nitrogen and oxygen atoms in total. The van der Waals surface area contributed by atoms with Gasteiger partial charge < -0.3 is 10.5 Å². The molecular formula is C8H6BrN3O. The highest BCUT2D eigenvalue weighted by Gasteiger charge is 2.09. The van der Waals surface area contributed by atoms with Crippen molar-refractivity contribution in [2.24, 2.45) is 0 Å². The number of pyridine rings is 1. The fraction of sp³-hybridized carbons (Fsp3) is 0.125. The lowest BCUT2D eigenvalue weighted by atomic mass is 10.2. The molecule has 1 unspecified atom stereocenters. The summed E-state index contributed by atoms with van der Waals surface area (Å²) in [6, 6.07) is 5.00. The zero-order valence-electron chi connectivity index (χ0n) is 6.57. The van der Waals surface area contributed by atoms with Crippen molar-refractivity contribution >= 4 is 27.9 Å². The molecular weight excluding hydrogens is 234 g/mol. The monoisotopic (exact) mass is 239 g/mol. The summed E-state index contributed by atoms with van der Waals surface area (Å²) in [4.78, 5) is 13.8. The summed E-state index contributed by atoms with van der Waals surface area (Å²) < 4.78 is 0. The Hall–Kier alpha value is -1.41. The number of carbonyl (C=O) groups is 1. The Morgan fingerprint density at radius 2 is 2.38 bits per heavy atom. The Morgan fingerprint density at radius 1 is 1.69 bits per heavy atom. The van der Waals surface area contributed by atoms with Gasteiger partial charge in [-0.2, -0.15) is 5.26 Å². The van der Waals surface area contributed by atoms with Crippen molar-refractivity contribution in [2.45, 2.75) is 4.83 Å². The minimum atomic E-state index is -0.486. The first kappa shape index (κ1) is 9.68. The summed E-state index contributed by atoms with van der Waals surface area (Å²) in [6.07, 6.45) is 0.694. The average molecular weight is 240 g/mol. The molecule has 1 aromatic rings. The van der Waals surface area contributed by atoms with E-state index in [0.29, 0.717) is 17.7 Å². The zero-order valence-corrected chi connectivity index (χ0v) is 8.15. The fourth-order valence-electron chi connectivity index (χ4n) is 0.798. The number of hydrogen-bond acceptors (Lipinski definition) is 4. The van der Waals surface area contributed by atoms with Crippen LogP contribution in [-0.2, 0) is 4.79 Å². The second-order valence-corrected chi connectivity index (χ2v) is 3.31. The molecule has 0 fully saturated rings. The van der Waals surface area contributed by atoms with Gasteiger partial charge in [0, 0.05) is 0 Å². The maximum atomic E-state index is 10.4. The Kier molecular flexibility index (Phi) is 2.98. The van der Waals surface area contributed by atoms with Crippen LogP contribution in [0.2, 0.25) is 0 Å².